The number of likely N-dealkylation sites (tertiary alicyclic amines) is 1. The fourth-order valence-corrected chi connectivity index (χ4v) is 2.36. The molecule has 0 aromatic rings. The molecule has 84 valence electrons. The molecule has 15 heavy (non-hydrogen) atoms. The summed E-state index contributed by atoms with van der Waals surface area (Å²) in [5, 5.41) is 9.37. The molecule has 3 nitrogen and oxygen atoms in total. The van der Waals surface area contributed by atoms with E-state index >= 15 is 0 Å². The van der Waals surface area contributed by atoms with E-state index in [2.05, 4.69) is 12.2 Å². The van der Waals surface area contributed by atoms with Crippen molar-refractivity contribution in [2.75, 3.05) is 13.1 Å². The van der Waals surface area contributed by atoms with Crippen LogP contribution in [0.15, 0.2) is 12.2 Å². The van der Waals surface area contributed by atoms with Gasteiger partial charge in [-0.2, -0.15) is 0 Å². The summed E-state index contributed by atoms with van der Waals surface area (Å²) in [4.78, 5) is 14.0. The topological polar surface area (TPSA) is 40.5 Å². The van der Waals surface area contributed by atoms with Gasteiger partial charge in [-0.15, -0.1) is 0 Å². The molecule has 0 saturated carbocycles. The van der Waals surface area contributed by atoms with E-state index in [1.807, 2.05) is 4.90 Å². The zero-order chi connectivity index (χ0) is 10.7. The first kappa shape index (κ1) is 10.7. The Balaban J connectivity index is 1.87. The minimum absolute atomic E-state index is 0.194. The Labute approximate surface area is 90.8 Å². The summed E-state index contributed by atoms with van der Waals surface area (Å²) in [6, 6.07) is 0. The molecule has 0 aromatic carbocycles. The highest BCUT2D eigenvalue weighted by molar-refractivity contribution is 5.79. The van der Waals surface area contributed by atoms with Gasteiger partial charge in [-0.05, 0) is 32.1 Å². The lowest BCUT2D eigenvalue weighted by Crippen LogP contribution is -2.43. The predicted octanol–water partition coefficient (Wildman–Crippen LogP) is 1.33. The van der Waals surface area contributed by atoms with Gasteiger partial charge in [0.25, 0.3) is 0 Å². The van der Waals surface area contributed by atoms with Crippen molar-refractivity contribution in [2.45, 2.75) is 38.2 Å². The van der Waals surface area contributed by atoms with Gasteiger partial charge in [0.2, 0.25) is 5.91 Å². The fraction of sp³-hybridized carbons (Fsp3) is 0.750. The van der Waals surface area contributed by atoms with Gasteiger partial charge in [-0.3, -0.25) is 4.79 Å². The molecule has 1 heterocycles. The van der Waals surface area contributed by atoms with Crippen LogP contribution >= 0.6 is 0 Å². The number of hydrogen-bond donors (Lipinski definition) is 1. The Morgan fingerprint density at radius 2 is 1.93 bits per heavy atom. The lowest BCUT2D eigenvalue weighted by molar-refractivity contribution is -0.137. The Morgan fingerprint density at radius 1 is 1.20 bits per heavy atom. The zero-order valence-corrected chi connectivity index (χ0v) is 9.06. The van der Waals surface area contributed by atoms with E-state index < -0.39 is 0 Å². The second-order valence-electron chi connectivity index (χ2n) is 4.54. The Hall–Kier alpha value is -0.830. The number of aliphatic hydroxyl groups excluding tert-OH is 1. The SMILES string of the molecule is O=C([C@@H]1CC=CCC1)N1CCC(O)CC1. The molecule has 0 bridgehead atoms. The van der Waals surface area contributed by atoms with Gasteiger partial charge >= 0.3 is 0 Å². The molecule has 0 spiro atoms. The smallest absolute Gasteiger partial charge is 0.226 e. The number of nitrogens with zero attached hydrogens (tertiary/aromatic N) is 1. The molecule has 1 N–H and O–H groups in total. The van der Waals surface area contributed by atoms with Crippen molar-refractivity contribution >= 4 is 5.91 Å². The third kappa shape index (κ3) is 2.59. The number of amides is 1. The monoisotopic (exact) mass is 209 g/mol. The van der Waals surface area contributed by atoms with Crippen LogP contribution in [-0.2, 0) is 4.79 Å². The maximum atomic E-state index is 12.1. The highest BCUT2D eigenvalue weighted by Gasteiger charge is 2.27. The Bertz CT molecular complexity index is 254. The first-order valence-corrected chi connectivity index (χ1v) is 5.89. The van der Waals surface area contributed by atoms with Gasteiger partial charge in [0, 0.05) is 19.0 Å². The van der Waals surface area contributed by atoms with Crippen molar-refractivity contribution in [1.29, 1.82) is 0 Å². The summed E-state index contributed by atoms with van der Waals surface area (Å²) >= 11 is 0. The van der Waals surface area contributed by atoms with Crippen LogP contribution in [0.1, 0.15) is 32.1 Å². The van der Waals surface area contributed by atoms with Gasteiger partial charge < -0.3 is 10.0 Å². The average Bonchev–Trinajstić information content (AvgIpc) is 2.30. The van der Waals surface area contributed by atoms with E-state index in [4.69, 9.17) is 0 Å². The summed E-state index contributed by atoms with van der Waals surface area (Å²) in [6.45, 7) is 1.47. The van der Waals surface area contributed by atoms with E-state index in [-0.39, 0.29) is 12.0 Å². The van der Waals surface area contributed by atoms with E-state index in [0.717, 1.165) is 45.2 Å². The molecule has 2 aliphatic rings. The highest BCUT2D eigenvalue weighted by atomic mass is 16.3. The third-order valence-electron chi connectivity index (χ3n) is 3.39. The molecule has 2 rings (SSSR count). The van der Waals surface area contributed by atoms with Crippen LogP contribution in [0.4, 0.5) is 0 Å². The number of aliphatic hydroxyl groups is 1. The van der Waals surface area contributed by atoms with Crippen molar-refractivity contribution in [1.82, 2.24) is 4.90 Å². The van der Waals surface area contributed by atoms with Crippen LogP contribution in [0.2, 0.25) is 0 Å². The van der Waals surface area contributed by atoms with Gasteiger partial charge in [-0.25, -0.2) is 0 Å². The molecule has 1 aliphatic heterocycles. The summed E-state index contributed by atoms with van der Waals surface area (Å²) in [5.41, 5.74) is 0. The van der Waals surface area contributed by atoms with Crippen LogP contribution in [0.5, 0.6) is 0 Å². The number of allylic oxidation sites excluding steroid dienone is 2. The number of carbonyl (C=O) groups is 1. The maximum absolute atomic E-state index is 12.1. The van der Waals surface area contributed by atoms with Crippen LogP contribution in [-0.4, -0.2) is 35.1 Å². The average molecular weight is 209 g/mol. The summed E-state index contributed by atoms with van der Waals surface area (Å²) in [7, 11) is 0. The number of hydrogen-bond acceptors (Lipinski definition) is 2. The van der Waals surface area contributed by atoms with Crippen molar-refractivity contribution in [3.63, 3.8) is 0 Å². The van der Waals surface area contributed by atoms with Gasteiger partial charge in [-0.1, -0.05) is 12.2 Å². The van der Waals surface area contributed by atoms with E-state index in [9.17, 15) is 9.90 Å². The van der Waals surface area contributed by atoms with Gasteiger partial charge in [0.15, 0.2) is 0 Å². The van der Waals surface area contributed by atoms with Crippen LogP contribution in [0, 0.1) is 5.92 Å². The van der Waals surface area contributed by atoms with Crippen LogP contribution < -0.4 is 0 Å². The number of piperidine rings is 1. The quantitative estimate of drug-likeness (QED) is 0.662. The van der Waals surface area contributed by atoms with Crippen LogP contribution in [0.25, 0.3) is 0 Å². The fourth-order valence-electron chi connectivity index (χ4n) is 2.36. The summed E-state index contributed by atoms with van der Waals surface area (Å²) in [5.74, 6) is 0.497. The molecule has 1 saturated heterocycles. The molecule has 1 atom stereocenters. The highest BCUT2D eigenvalue weighted by Crippen LogP contribution is 2.22. The second kappa shape index (κ2) is 4.79. The van der Waals surface area contributed by atoms with Crippen molar-refractivity contribution in [3.05, 3.63) is 12.2 Å². The third-order valence-corrected chi connectivity index (χ3v) is 3.39. The molecule has 1 aliphatic carbocycles. The molecule has 0 unspecified atom stereocenters. The second-order valence-corrected chi connectivity index (χ2v) is 4.54. The van der Waals surface area contributed by atoms with Crippen LogP contribution in [0.3, 0.4) is 0 Å². The predicted molar refractivity (Wildman–Crippen MR) is 58.3 cm³/mol. The van der Waals surface area contributed by atoms with Crippen molar-refractivity contribution < 1.29 is 9.90 Å². The first-order valence-electron chi connectivity index (χ1n) is 5.89. The number of carbonyl (C=O) groups excluding carboxylic acids is 1. The molecule has 1 fully saturated rings. The van der Waals surface area contributed by atoms with Gasteiger partial charge in [0.1, 0.15) is 0 Å². The van der Waals surface area contributed by atoms with Crippen molar-refractivity contribution in [3.8, 4) is 0 Å². The largest absolute Gasteiger partial charge is 0.393 e. The van der Waals surface area contributed by atoms with Crippen molar-refractivity contribution in [2.24, 2.45) is 5.92 Å². The molecular formula is C12H19NO2. The molecular weight excluding hydrogens is 190 g/mol. The Kier molecular flexibility index (Phi) is 3.41. The lowest BCUT2D eigenvalue weighted by Gasteiger charge is -2.32. The standard InChI is InChI=1S/C12H19NO2/c14-11-6-8-13(9-7-11)12(15)10-4-2-1-3-5-10/h1-2,10-11,14H,3-9H2/t10-/m1/s1. The summed E-state index contributed by atoms with van der Waals surface area (Å²) in [6.07, 6.45) is 8.50. The van der Waals surface area contributed by atoms with E-state index in [1.165, 1.54) is 0 Å². The Morgan fingerprint density at radius 3 is 2.53 bits per heavy atom. The zero-order valence-electron chi connectivity index (χ0n) is 9.06. The minimum Gasteiger partial charge on any atom is -0.393 e. The number of rotatable bonds is 1. The molecule has 0 radical (unpaired) electrons. The van der Waals surface area contributed by atoms with E-state index in [0.29, 0.717) is 5.91 Å². The van der Waals surface area contributed by atoms with E-state index in [1.54, 1.807) is 0 Å². The normalized spacial score (nSPS) is 28.1. The molecule has 3 heteroatoms. The van der Waals surface area contributed by atoms with Gasteiger partial charge in [0.05, 0.1) is 6.10 Å². The maximum Gasteiger partial charge on any atom is 0.226 e. The minimum atomic E-state index is -0.194. The first-order chi connectivity index (χ1) is 7.27. The molecule has 0 aromatic heterocycles. The summed E-state index contributed by atoms with van der Waals surface area (Å²) < 4.78 is 0. The molecule has 1 amide bonds. The lowest BCUT2D eigenvalue weighted by atomic mass is 9.92.